The SMILES string of the molecule is C[C@@H](CCCCC(=O)OCc1ccccc1N=[N+]=[N-])C(=O)O.C[C@@H](CCCN)C(=O)O.O=C([O-])O.[N-]=[N+]=Nc1ccccc1COC(=O)Oc1ccc([N+](=O)[O-])cc1.[Na+]. The van der Waals surface area contributed by atoms with Crippen molar-refractivity contribution in [3.8, 4) is 5.75 Å². The molecule has 59 heavy (non-hydrogen) atoms. The molecule has 0 amide bonds. The van der Waals surface area contributed by atoms with Crippen LogP contribution >= 0.6 is 0 Å². The predicted molar refractivity (Wildman–Crippen MR) is 203 cm³/mol. The standard InChI is InChI=1S/C15H19N3O4.C14H10N4O5.C6H13NO2.CH2O3.Na/c1-11(15(20)21)6-2-5-9-14(19)22-10-12-7-3-4-8-13(12)17-18-16;15-17-16-13-4-2-1-3-10(13)9-22-14(19)23-12-7-5-11(6-8-12)18(20)21;1-5(6(8)9)3-2-4-7;2-1(3)4;/h3-4,7-8,11H,2,5-6,9-10H2,1H3,(H,20,21);1-8H,9H2;5H,2-4,7H2,1H3,(H,8,9);(H2,2,3,4);/q;;;;+1/p-1/t11-;;5-;;/m0.0../s1. The smallest absolute Gasteiger partial charge is 0.565 e. The van der Waals surface area contributed by atoms with Gasteiger partial charge < -0.3 is 45.2 Å². The number of carbonyl (C=O) groups is 5. The second-order valence-electron chi connectivity index (χ2n) is 11.6. The van der Waals surface area contributed by atoms with Gasteiger partial charge in [0.05, 0.1) is 16.8 Å². The van der Waals surface area contributed by atoms with Crippen molar-refractivity contribution in [1.82, 2.24) is 0 Å². The van der Waals surface area contributed by atoms with Gasteiger partial charge in [-0.1, -0.05) is 79.0 Å². The summed E-state index contributed by atoms with van der Waals surface area (Å²) in [6, 6.07) is 18.5. The van der Waals surface area contributed by atoms with E-state index in [-0.39, 0.29) is 72.5 Å². The minimum Gasteiger partial charge on any atom is -0.565 e. The first kappa shape index (κ1) is 54.7. The zero-order valence-corrected chi connectivity index (χ0v) is 34.5. The summed E-state index contributed by atoms with van der Waals surface area (Å²) in [7, 11) is 0. The van der Waals surface area contributed by atoms with Crippen LogP contribution in [0, 0.1) is 22.0 Å². The molecule has 0 saturated carbocycles. The molecule has 0 radical (unpaired) electrons. The molecular weight excluding hydrogens is 791 g/mol. The van der Waals surface area contributed by atoms with E-state index in [4.69, 9.17) is 56.2 Å². The van der Waals surface area contributed by atoms with Gasteiger partial charge in [0.15, 0.2) is 0 Å². The first-order valence-corrected chi connectivity index (χ1v) is 17.1. The number of esters is 1. The number of aliphatic carboxylic acids is 2. The van der Waals surface area contributed by atoms with Gasteiger partial charge in [0.2, 0.25) is 6.16 Å². The van der Waals surface area contributed by atoms with Gasteiger partial charge in [-0.3, -0.25) is 24.5 Å². The second kappa shape index (κ2) is 32.7. The Morgan fingerprint density at radius 3 is 1.63 bits per heavy atom. The van der Waals surface area contributed by atoms with Gasteiger partial charge >= 0.3 is 53.6 Å². The van der Waals surface area contributed by atoms with Crippen LogP contribution in [0.1, 0.15) is 63.5 Å². The van der Waals surface area contributed by atoms with Gasteiger partial charge in [-0.05, 0) is 66.5 Å². The van der Waals surface area contributed by atoms with Crippen molar-refractivity contribution in [2.75, 3.05) is 6.54 Å². The molecule has 0 bridgehead atoms. The number of rotatable bonds is 18. The van der Waals surface area contributed by atoms with Crippen molar-refractivity contribution in [2.45, 2.75) is 65.6 Å². The van der Waals surface area contributed by atoms with Crippen molar-refractivity contribution in [2.24, 2.45) is 27.8 Å². The third kappa shape index (κ3) is 27.0. The number of hydrogen-bond donors (Lipinski definition) is 4. The fourth-order valence-corrected chi connectivity index (χ4v) is 4.08. The van der Waals surface area contributed by atoms with Crippen LogP contribution < -0.4 is 45.1 Å². The Morgan fingerprint density at radius 2 is 1.20 bits per heavy atom. The average molecular weight is 835 g/mol. The Morgan fingerprint density at radius 1 is 0.763 bits per heavy atom. The normalized spacial score (nSPS) is 10.4. The Labute approximate surface area is 359 Å². The van der Waals surface area contributed by atoms with E-state index in [2.05, 4.69) is 20.1 Å². The molecule has 0 aromatic heterocycles. The number of nitrogens with zero attached hydrogens (tertiary/aromatic N) is 7. The van der Waals surface area contributed by atoms with E-state index >= 15 is 0 Å². The Balaban J connectivity index is 0. The minimum absolute atomic E-state index is 0. The van der Waals surface area contributed by atoms with Crippen LogP contribution in [0.4, 0.5) is 26.7 Å². The van der Waals surface area contributed by atoms with Gasteiger partial charge in [0, 0.05) is 39.8 Å². The van der Waals surface area contributed by atoms with Crippen molar-refractivity contribution in [3.63, 3.8) is 0 Å². The van der Waals surface area contributed by atoms with Crippen LogP contribution in [0.2, 0.25) is 0 Å². The number of carboxylic acids is 2. The van der Waals surface area contributed by atoms with E-state index in [1.54, 1.807) is 62.4 Å². The molecule has 0 unspecified atom stereocenters. The van der Waals surface area contributed by atoms with Crippen molar-refractivity contribution < 1.29 is 93.1 Å². The molecule has 0 spiro atoms. The molecule has 3 aromatic rings. The van der Waals surface area contributed by atoms with E-state index in [0.29, 0.717) is 54.7 Å². The Hall–Kier alpha value is -6.41. The molecule has 3 rings (SSSR count). The number of benzene rings is 3. The number of nitro benzene ring substituents is 1. The van der Waals surface area contributed by atoms with Gasteiger partial charge in [-0.2, -0.15) is 0 Å². The number of ether oxygens (including phenoxy) is 3. The van der Waals surface area contributed by atoms with Crippen molar-refractivity contribution >= 4 is 47.3 Å². The van der Waals surface area contributed by atoms with Crippen molar-refractivity contribution in [3.05, 3.63) is 115 Å². The topological polar surface area (TPSA) is 363 Å². The summed E-state index contributed by atoms with van der Waals surface area (Å²) in [6.07, 6.45) is 0.471. The van der Waals surface area contributed by atoms with Crippen LogP contribution in [-0.4, -0.2) is 57.0 Å². The third-order valence-electron chi connectivity index (χ3n) is 7.22. The number of unbranched alkanes of at least 4 members (excludes halogenated alkanes) is 1. The molecule has 0 heterocycles. The molecule has 0 aliphatic rings. The summed E-state index contributed by atoms with van der Waals surface area (Å²) in [5.74, 6) is -2.43. The first-order chi connectivity index (χ1) is 27.6. The number of nitro groups is 1. The number of azide groups is 2. The van der Waals surface area contributed by atoms with Crippen LogP contribution in [0.5, 0.6) is 5.75 Å². The van der Waals surface area contributed by atoms with E-state index in [1.165, 1.54) is 24.3 Å². The molecule has 0 aliphatic heterocycles. The van der Waals surface area contributed by atoms with E-state index in [1.807, 2.05) is 0 Å². The molecule has 2 atom stereocenters. The van der Waals surface area contributed by atoms with Gasteiger partial charge in [-0.15, -0.1) is 0 Å². The van der Waals surface area contributed by atoms with E-state index in [9.17, 15) is 29.3 Å². The fraction of sp³-hybridized carbons (Fsp3) is 0.361. The summed E-state index contributed by atoms with van der Waals surface area (Å²) < 4.78 is 14.9. The zero-order valence-electron chi connectivity index (χ0n) is 32.5. The summed E-state index contributed by atoms with van der Waals surface area (Å²) in [6.45, 7) is 3.84. The number of non-ortho nitro benzene ring substituents is 1. The van der Waals surface area contributed by atoms with Gasteiger partial charge in [0.25, 0.3) is 5.69 Å². The molecule has 3 aromatic carbocycles. The van der Waals surface area contributed by atoms with Crippen molar-refractivity contribution in [1.29, 1.82) is 0 Å². The first-order valence-electron chi connectivity index (χ1n) is 17.1. The monoisotopic (exact) mass is 834 g/mol. The Kier molecular flexibility index (Phi) is 30.3. The van der Waals surface area contributed by atoms with Crippen LogP contribution in [0.3, 0.4) is 0 Å². The maximum Gasteiger partial charge on any atom is 1.00 e. The largest absolute Gasteiger partial charge is 1.00 e. The molecule has 312 valence electrons. The molecule has 23 heteroatoms. The minimum atomic E-state index is -2.08. The molecular formula is C36H43N8NaO14. The fourth-order valence-electron chi connectivity index (χ4n) is 4.08. The molecule has 5 N–H and O–H groups in total. The summed E-state index contributed by atoms with van der Waals surface area (Å²) in [4.78, 5) is 67.8. The molecule has 22 nitrogen and oxygen atoms in total. The van der Waals surface area contributed by atoms with Crippen LogP contribution in [0.15, 0.2) is 83.0 Å². The maximum absolute atomic E-state index is 11.6. The van der Waals surface area contributed by atoms with Gasteiger partial charge in [-0.25, -0.2) is 4.79 Å². The van der Waals surface area contributed by atoms with Crippen LogP contribution in [-0.2, 0) is 37.1 Å². The summed E-state index contributed by atoms with van der Waals surface area (Å²) >= 11 is 0. The summed E-state index contributed by atoms with van der Waals surface area (Å²) in [5, 5.41) is 49.9. The molecule has 0 saturated heterocycles. The number of nitrogens with two attached hydrogens (primary N) is 1. The molecule has 0 aliphatic carbocycles. The van der Waals surface area contributed by atoms with Crippen LogP contribution in [0.25, 0.3) is 20.9 Å². The predicted octanol–water partition coefficient (Wildman–Crippen LogP) is 4.54. The molecule has 0 fully saturated rings. The quantitative estimate of drug-likeness (QED) is 0.0157. The maximum atomic E-state index is 11.6. The van der Waals surface area contributed by atoms with E-state index < -0.39 is 35.1 Å². The number of carboxylic acid groups (broad SMARTS) is 4. The third-order valence-corrected chi connectivity index (χ3v) is 7.22. The Bertz CT molecular complexity index is 1890. The number of hydrogen-bond acceptors (Lipinski definition) is 14. The van der Waals surface area contributed by atoms with Gasteiger partial charge in [0.1, 0.15) is 19.0 Å². The number of carbonyl (C=O) groups excluding carboxylic acids is 2. The average Bonchev–Trinajstić information content (AvgIpc) is 3.18. The zero-order chi connectivity index (χ0) is 43.9. The second-order valence-corrected chi connectivity index (χ2v) is 11.6. The summed E-state index contributed by atoms with van der Waals surface area (Å²) in [5.41, 5.74) is 23.9. The van der Waals surface area contributed by atoms with E-state index in [0.717, 1.165) is 6.42 Å².